The van der Waals surface area contributed by atoms with Gasteiger partial charge < -0.3 is 14.2 Å². The van der Waals surface area contributed by atoms with Crippen molar-refractivity contribution in [2.45, 2.75) is 76.7 Å². The zero-order valence-electron chi connectivity index (χ0n) is 13.5. The maximum atomic E-state index is 13.1. The molecular weight excluding hydrogens is 323 g/mol. The Morgan fingerprint density at radius 2 is 0.957 bits per heavy atom. The summed E-state index contributed by atoms with van der Waals surface area (Å²) >= 11 is 0. The molecule has 8 heteroatoms. The molecule has 7 nitrogen and oxygen atoms in total. The summed E-state index contributed by atoms with van der Waals surface area (Å²) in [6.45, 7) is 1.81. The van der Waals surface area contributed by atoms with Crippen LogP contribution in [0.2, 0.25) is 0 Å². The Balaban J connectivity index is 1.61. The lowest BCUT2D eigenvalue weighted by Gasteiger charge is -2.32. The second-order valence-electron chi connectivity index (χ2n) is 6.15. The van der Waals surface area contributed by atoms with Gasteiger partial charge in [0.2, 0.25) is 0 Å². The zero-order valence-corrected chi connectivity index (χ0v) is 14.4. The van der Waals surface area contributed by atoms with Crippen LogP contribution in [0.5, 0.6) is 0 Å². The van der Waals surface area contributed by atoms with Crippen molar-refractivity contribution in [2.75, 3.05) is 19.8 Å². The molecule has 3 heterocycles. The summed E-state index contributed by atoms with van der Waals surface area (Å²) in [5.74, 6) is 0. The monoisotopic (exact) mass is 350 g/mol. The zero-order chi connectivity index (χ0) is 16.0. The second-order valence-corrected chi connectivity index (χ2v) is 7.68. The Hall–Kier alpha value is -0.0100. The predicted octanol–water partition coefficient (Wildman–Crippen LogP) is 3.72. The van der Waals surface area contributed by atoms with Crippen molar-refractivity contribution in [2.24, 2.45) is 0 Å². The minimum absolute atomic E-state index is 0.554. The first-order chi connectivity index (χ1) is 11.2. The highest BCUT2D eigenvalue weighted by Crippen LogP contribution is 2.55. The minimum atomic E-state index is -3.80. The third-order valence-electron chi connectivity index (χ3n) is 4.15. The van der Waals surface area contributed by atoms with Crippen LogP contribution < -0.4 is 0 Å². The first kappa shape index (κ1) is 17.8. The summed E-state index contributed by atoms with van der Waals surface area (Å²) in [4.78, 5) is 0. The van der Waals surface area contributed by atoms with Gasteiger partial charge in [-0.2, -0.15) is 0 Å². The third kappa shape index (κ3) is 5.78. The molecular formula is C15H27O7P. The highest BCUT2D eigenvalue weighted by atomic mass is 31.2. The van der Waals surface area contributed by atoms with Crippen molar-refractivity contribution in [1.29, 1.82) is 0 Å². The van der Waals surface area contributed by atoms with Gasteiger partial charge in [-0.05, 0) is 57.8 Å². The molecule has 0 amide bonds. The topological polar surface area (TPSA) is 72.5 Å². The van der Waals surface area contributed by atoms with Gasteiger partial charge in [-0.25, -0.2) is 4.57 Å². The van der Waals surface area contributed by atoms with Gasteiger partial charge in [-0.15, -0.1) is 0 Å². The van der Waals surface area contributed by atoms with Crippen LogP contribution in [0.4, 0.5) is 0 Å². The van der Waals surface area contributed by atoms with Crippen molar-refractivity contribution >= 4 is 7.82 Å². The molecule has 0 bridgehead atoms. The minimum Gasteiger partial charge on any atom is -0.352 e. The van der Waals surface area contributed by atoms with Gasteiger partial charge in [-0.3, -0.25) is 13.6 Å². The van der Waals surface area contributed by atoms with E-state index in [0.29, 0.717) is 39.1 Å². The fourth-order valence-corrected chi connectivity index (χ4v) is 4.40. The lowest BCUT2D eigenvalue weighted by atomic mass is 10.2. The van der Waals surface area contributed by atoms with Gasteiger partial charge in [0.25, 0.3) is 0 Å². The Labute approximate surface area is 137 Å². The van der Waals surface area contributed by atoms with Crippen molar-refractivity contribution in [1.82, 2.24) is 0 Å². The Kier molecular flexibility index (Phi) is 6.89. The summed E-state index contributed by atoms with van der Waals surface area (Å²) in [6.07, 6.45) is 6.30. The van der Waals surface area contributed by atoms with Crippen molar-refractivity contribution < 1.29 is 32.3 Å². The quantitative estimate of drug-likeness (QED) is 0.676. The molecule has 0 aromatic heterocycles. The maximum absolute atomic E-state index is 13.1. The molecule has 3 fully saturated rings. The molecule has 0 spiro atoms. The Morgan fingerprint density at radius 1 is 0.609 bits per heavy atom. The van der Waals surface area contributed by atoms with Crippen LogP contribution in [0.15, 0.2) is 0 Å². The van der Waals surface area contributed by atoms with E-state index in [9.17, 15) is 4.57 Å². The number of phosphoric ester groups is 1. The van der Waals surface area contributed by atoms with Crippen LogP contribution in [-0.4, -0.2) is 38.7 Å². The van der Waals surface area contributed by atoms with Crippen LogP contribution in [0.25, 0.3) is 0 Å². The summed E-state index contributed by atoms with van der Waals surface area (Å²) in [5, 5.41) is 0. The van der Waals surface area contributed by atoms with Crippen LogP contribution in [0.1, 0.15) is 57.8 Å². The standard InChI is InChI=1S/C15H27O7P/c16-23(20-13-7-1-4-10-17-13,21-14-8-2-5-11-18-14)22-15-9-3-6-12-19-15/h13-15H,1-12H2. The van der Waals surface area contributed by atoms with Crippen LogP contribution in [-0.2, 0) is 32.3 Å². The molecule has 0 aromatic carbocycles. The molecule has 3 aliphatic rings. The van der Waals surface area contributed by atoms with E-state index >= 15 is 0 Å². The lowest BCUT2D eigenvalue weighted by Crippen LogP contribution is -2.29. The molecule has 3 aliphatic heterocycles. The summed E-state index contributed by atoms with van der Waals surface area (Å²) in [6, 6.07) is 0. The molecule has 3 saturated heterocycles. The molecule has 0 saturated carbocycles. The average Bonchev–Trinajstić information content (AvgIpc) is 2.57. The van der Waals surface area contributed by atoms with Crippen molar-refractivity contribution in [3.8, 4) is 0 Å². The average molecular weight is 350 g/mol. The summed E-state index contributed by atoms with van der Waals surface area (Å²) in [5.41, 5.74) is 0. The fourth-order valence-electron chi connectivity index (χ4n) is 2.89. The Bertz CT molecular complexity index is 330. The summed E-state index contributed by atoms with van der Waals surface area (Å²) < 4.78 is 46.5. The van der Waals surface area contributed by atoms with Gasteiger partial charge in [0.15, 0.2) is 18.9 Å². The molecule has 0 aromatic rings. The van der Waals surface area contributed by atoms with Crippen molar-refractivity contribution in [3.05, 3.63) is 0 Å². The fraction of sp³-hybridized carbons (Fsp3) is 1.00. The van der Waals surface area contributed by atoms with Gasteiger partial charge >= 0.3 is 7.82 Å². The molecule has 0 radical (unpaired) electrons. The second kappa shape index (κ2) is 8.90. The van der Waals surface area contributed by atoms with Crippen molar-refractivity contribution in [3.63, 3.8) is 0 Å². The maximum Gasteiger partial charge on any atom is 0.481 e. The first-order valence-corrected chi connectivity index (χ1v) is 10.2. The van der Waals surface area contributed by atoms with Gasteiger partial charge in [-0.1, -0.05) is 0 Å². The lowest BCUT2D eigenvalue weighted by molar-refractivity contribution is -0.179. The molecule has 0 N–H and O–H groups in total. The molecule has 23 heavy (non-hydrogen) atoms. The van der Waals surface area contributed by atoms with Gasteiger partial charge in [0.1, 0.15) is 0 Å². The first-order valence-electron chi connectivity index (χ1n) is 8.74. The normalized spacial score (nSPS) is 35.6. The number of phosphoric acid groups is 1. The molecule has 3 atom stereocenters. The largest absolute Gasteiger partial charge is 0.481 e. The van der Waals surface area contributed by atoms with Crippen LogP contribution in [0.3, 0.4) is 0 Å². The van der Waals surface area contributed by atoms with E-state index in [2.05, 4.69) is 0 Å². The highest BCUT2D eigenvalue weighted by molar-refractivity contribution is 7.48. The van der Waals surface area contributed by atoms with E-state index in [4.69, 9.17) is 27.8 Å². The number of hydrogen-bond donors (Lipinski definition) is 0. The number of ether oxygens (including phenoxy) is 3. The van der Waals surface area contributed by atoms with E-state index in [-0.39, 0.29) is 0 Å². The summed E-state index contributed by atoms with van der Waals surface area (Å²) in [7, 11) is -3.80. The molecule has 0 aliphatic carbocycles. The number of rotatable bonds is 6. The van der Waals surface area contributed by atoms with E-state index in [1.807, 2.05) is 0 Å². The van der Waals surface area contributed by atoms with Gasteiger partial charge in [0.05, 0.1) is 0 Å². The Morgan fingerprint density at radius 3 is 1.22 bits per heavy atom. The van der Waals surface area contributed by atoms with Crippen LogP contribution in [0, 0.1) is 0 Å². The highest BCUT2D eigenvalue weighted by Gasteiger charge is 2.39. The smallest absolute Gasteiger partial charge is 0.352 e. The van der Waals surface area contributed by atoms with E-state index in [0.717, 1.165) is 38.5 Å². The van der Waals surface area contributed by atoms with E-state index in [1.54, 1.807) is 0 Å². The SMILES string of the molecule is O=P(OC1CCCCO1)(OC1CCCCO1)OC1CCCCO1. The third-order valence-corrected chi connectivity index (χ3v) is 5.63. The molecule has 3 rings (SSSR count). The van der Waals surface area contributed by atoms with E-state index in [1.165, 1.54) is 0 Å². The number of hydrogen-bond acceptors (Lipinski definition) is 7. The molecule has 134 valence electrons. The van der Waals surface area contributed by atoms with Gasteiger partial charge in [0, 0.05) is 19.8 Å². The predicted molar refractivity (Wildman–Crippen MR) is 81.6 cm³/mol. The van der Waals surface area contributed by atoms with E-state index < -0.39 is 26.7 Å². The molecule has 3 unspecified atom stereocenters. The van der Waals surface area contributed by atoms with Crippen LogP contribution >= 0.6 is 7.82 Å².